The topological polar surface area (TPSA) is 92.3 Å². The van der Waals surface area contributed by atoms with Gasteiger partial charge in [0.25, 0.3) is 0 Å². The van der Waals surface area contributed by atoms with Gasteiger partial charge in [0.2, 0.25) is 11.0 Å². The summed E-state index contributed by atoms with van der Waals surface area (Å²) >= 11 is 2.63. The van der Waals surface area contributed by atoms with Crippen LogP contribution in [0.25, 0.3) is 0 Å². The average molecular weight is 445 g/mol. The third-order valence-corrected chi connectivity index (χ3v) is 8.30. The van der Waals surface area contributed by atoms with E-state index in [1.54, 1.807) is 26.1 Å². The number of halogens is 1. The van der Waals surface area contributed by atoms with E-state index in [4.69, 9.17) is 0 Å². The van der Waals surface area contributed by atoms with Crippen molar-refractivity contribution in [1.82, 2.24) is 15.1 Å². The highest BCUT2D eigenvalue weighted by atomic mass is 32.2. The van der Waals surface area contributed by atoms with Crippen LogP contribution >= 0.6 is 23.1 Å². The maximum absolute atomic E-state index is 12.9. The maximum atomic E-state index is 12.9. The molecule has 28 heavy (non-hydrogen) atoms. The SMILES string of the molecule is C[C@@H](Sc1nnc(NCc2ccc(F)cc2)s1)C(=O)N(C)[C@@H]1CCS(=O)(=O)C1. The van der Waals surface area contributed by atoms with Crippen LogP contribution in [0.5, 0.6) is 0 Å². The van der Waals surface area contributed by atoms with Crippen LogP contribution in [-0.4, -0.2) is 59.3 Å². The summed E-state index contributed by atoms with van der Waals surface area (Å²) in [5.74, 6) is -0.237. The van der Waals surface area contributed by atoms with Crippen molar-refractivity contribution < 1.29 is 17.6 Å². The first-order valence-electron chi connectivity index (χ1n) is 8.69. The van der Waals surface area contributed by atoms with E-state index < -0.39 is 15.1 Å². The first-order chi connectivity index (χ1) is 13.2. The zero-order valence-electron chi connectivity index (χ0n) is 15.5. The fourth-order valence-electron chi connectivity index (χ4n) is 2.86. The Bertz CT molecular complexity index is 933. The molecule has 11 heteroatoms. The van der Waals surface area contributed by atoms with Crippen molar-refractivity contribution in [2.24, 2.45) is 0 Å². The fourth-order valence-corrected chi connectivity index (χ4v) is 6.63. The summed E-state index contributed by atoms with van der Waals surface area (Å²) in [4.78, 5) is 14.1. The first-order valence-corrected chi connectivity index (χ1v) is 12.2. The van der Waals surface area contributed by atoms with Crippen LogP contribution < -0.4 is 5.32 Å². The van der Waals surface area contributed by atoms with Crippen molar-refractivity contribution in [2.75, 3.05) is 23.9 Å². The second-order valence-electron chi connectivity index (χ2n) is 6.62. The minimum atomic E-state index is -3.04. The molecule has 3 rings (SSSR count). The van der Waals surface area contributed by atoms with Gasteiger partial charge >= 0.3 is 0 Å². The number of carbonyl (C=O) groups excluding carboxylic acids is 1. The van der Waals surface area contributed by atoms with E-state index in [1.807, 2.05) is 0 Å². The van der Waals surface area contributed by atoms with Gasteiger partial charge in [-0.05, 0) is 31.0 Å². The van der Waals surface area contributed by atoms with Gasteiger partial charge in [-0.3, -0.25) is 4.79 Å². The van der Waals surface area contributed by atoms with Gasteiger partial charge in [-0.15, -0.1) is 10.2 Å². The van der Waals surface area contributed by atoms with Crippen molar-refractivity contribution in [1.29, 1.82) is 0 Å². The Kier molecular flexibility index (Phi) is 6.56. The number of nitrogens with one attached hydrogen (secondary N) is 1. The Balaban J connectivity index is 1.52. The number of hydrogen-bond donors (Lipinski definition) is 1. The van der Waals surface area contributed by atoms with Gasteiger partial charge < -0.3 is 10.2 Å². The van der Waals surface area contributed by atoms with Crippen LogP contribution in [0.1, 0.15) is 18.9 Å². The lowest BCUT2D eigenvalue weighted by molar-refractivity contribution is -0.130. The number of amides is 1. The normalized spacial score (nSPS) is 19.3. The molecule has 0 bridgehead atoms. The molecule has 1 aliphatic heterocycles. The molecular weight excluding hydrogens is 423 g/mol. The molecule has 1 N–H and O–H groups in total. The number of thioether (sulfide) groups is 1. The molecule has 2 atom stereocenters. The van der Waals surface area contributed by atoms with E-state index in [2.05, 4.69) is 15.5 Å². The van der Waals surface area contributed by atoms with E-state index >= 15 is 0 Å². The monoisotopic (exact) mass is 444 g/mol. The number of hydrogen-bond acceptors (Lipinski definition) is 8. The molecule has 1 amide bonds. The fraction of sp³-hybridized carbons (Fsp3) is 0.471. The van der Waals surface area contributed by atoms with Crippen molar-refractivity contribution in [3.8, 4) is 0 Å². The Hall–Kier alpha value is -1.72. The largest absolute Gasteiger partial charge is 0.356 e. The van der Waals surface area contributed by atoms with Crippen LogP contribution in [0.2, 0.25) is 0 Å². The van der Waals surface area contributed by atoms with Gasteiger partial charge in [0.1, 0.15) is 5.82 Å². The van der Waals surface area contributed by atoms with E-state index in [-0.39, 0.29) is 29.3 Å². The quantitative estimate of drug-likeness (QED) is 0.656. The Morgan fingerprint density at radius 2 is 2.11 bits per heavy atom. The standard InChI is InChI=1S/C17H21FN4O3S3/c1-11(15(23)22(2)14-7-8-28(24,25)10-14)26-17-21-20-16(27-17)19-9-12-3-5-13(18)6-4-12/h3-6,11,14H,7-10H2,1-2H3,(H,19,20)/t11-,14-/m1/s1. The molecule has 152 valence electrons. The molecule has 0 saturated carbocycles. The number of rotatable bonds is 7. The maximum Gasteiger partial charge on any atom is 0.235 e. The van der Waals surface area contributed by atoms with Crippen LogP contribution in [0.4, 0.5) is 9.52 Å². The molecule has 1 aromatic heterocycles. The molecule has 0 radical (unpaired) electrons. The highest BCUT2D eigenvalue weighted by molar-refractivity contribution is 8.02. The predicted octanol–water partition coefficient (Wildman–Crippen LogP) is 2.42. The zero-order chi connectivity index (χ0) is 20.3. The van der Waals surface area contributed by atoms with Crippen LogP contribution in [-0.2, 0) is 21.2 Å². The van der Waals surface area contributed by atoms with E-state index in [9.17, 15) is 17.6 Å². The van der Waals surface area contributed by atoms with E-state index in [0.717, 1.165) is 5.56 Å². The average Bonchev–Trinajstić information content (AvgIpc) is 3.25. The van der Waals surface area contributed by atoms with Gasteiger partial charge in [-0.1, -0.05) is 35.2 Å². The molecule has 0 unspecified atom stereocenters. The molecule has 2 heterocycles. The lowest BCUT2D eigenvalue weighted by atomic mass is 10.2. The Morgan fingerprint density at radius 3 is 2.75 bits per heavy atom. The smallest absolute Gasteiger partial charge is 0.235 e. The van der Waals surface area contributed by atoms with Gasteiger partial charge in [-0.25, -0.2) is 12.8 Å². The number of carbonyl (C=O) groups is 1. The van der Waals surface area contributed by atoms with Crippen molar-refractivity contribution >= 4 is 44.0 Å². The van der Waals surface area contributed by atoms with Gasteiger partial charge in [0.05, 0.1) is 16.8 Å². The molecule has 7 nitrogen and oxygen atoms in total. The summed E-state index contributed by atoms with van der Waals surface area (Å²) in [6, 6.07) is 5.93. The van der Waals surface area contributed by atoms with Crippen molar-refractivity contribution in [2.45, 2.75) is 35.5 Å². The summed E-state index contributed by atoms with van der Waals surface area (Å²) < 4.78 is 36.8. The van der Waals surface area contributed by atoms with Crippen LogP contribution in [0, 0.1) is 5.82 Å². The van der Waals surface area contributed by atoms with E-state index in [0.29, 0.717) is 22.4 Å². The van der Waals surface area contributed by atoms with Crippen molar-refractivity contribution in [3.63, 3.8) is 0 Å². The Labute approximate surface area is 171 Å². The molecule has 0 spiro atoms. The summed E-state index contributed by atoms with van der Waals surface area (Å²) in [5, 5.41) is 11.5. The molecule has 0 aliphatic carbocycles. The lowest BCUT2D eigenvalue weighted by Gasteiger charge is -2.25. The van der Waals surface area contributed by atoms with Crippen LogP contribution in [0.3, 0.4) is 0 Å². The van der Waals surface area contributed by atoms with Gasteiger partial charge in [-0.2, -0.15) is 0 Å². The van der Waals surface area contributed by atoms with Crippen LogP contribution in [0.15, 0.2) is 28.6 Å². The molecule has 2 aromatic rings. The van der Waals surface area contributed by atoms with Gasteiger partial charge in [0, 0.05) is 19.6 Å². The highest BCUT2D eigenvalue weighted by Gasteiger charge is 2.34. The minimum Gasteiger partial charge on any atom is -0.356 e. The molecule has 1 aromatic carbocycles. The number of benzene rings is 1. The number of aromatic nitrogens is 2. The Morgan fingerprint density at radius 1 is 1.39 bits per heavy atom. The third kappa shape index (κ3) is 5.42. The molecule has 1 saturated heterocycles. The molecule has 1 aliphatic rings. The summed E-state index contributed by atoms with van der Waals surface area (Å²) in [6.45, 7) is 2.27. The lowest BCUT2D eigenvalue weighted by Crippen LogP contribution is -2.41. The predicted molar refractivity (Wildman–Crippen MR) is 109 cm³/mol. The third-order valence-electron chi connectivity index (χ3n) is 4.49. The van der Waals surface area contributed by atoms with Gasteiger partial charge in [0.15, 0.2) is 14.2 Å². The summed E-state index contributed by atoms with van der Waals surface area (Å²) in [5.41, 5.74) is 0.919. The number of anilines is 1. The second kappa shape index (κ2) is 8.75. The molecule has 1 fully saturated rings. The number of nitrogens with zero attached hydrogens (tertiary/aromatic N) is 3. The van der Waals surface area contributed by atoms with Crippen molar-refractivity contribution in [3.05, 3.63) is 35.6 Å². The first kappa shape index (κ1) is 21.0. The zero-order valence-corrected chi connectivity index (χ0v) is 17.9. The summed E-state index contributed by atoms with van der Waals surface area (Å²) in [6.07, 6.45) is 0.484. The molecular formula is C17H21FN4O3S3. The minimum absolute atomic E-state index is 0.0306. The van der Waals surface area contributed by atoms with E-state index in [1.165, 1.54) is 40.1 Å². The second-order valence-corrected chi connectivity index (χ2v) is 11.4. The summed E-state index contributed by atoms with van der Waals surface area (Å²) in [7, 11) is -1.38. The highest BCUT2D eigenvalue weighted by Crippen LogP contribution is 2.30. The number of sulfone groups is 1.